The Kier molecular flexibility index (Phi) is 3.84. The van der Waals surface area contributed by atoms with Crippen LogP contribution < -0.4 is 4.90 Å². The lowest BCUT2D eigenvalue weighted by Crippen LogP contribution is -2.24. The number of fused-ring (bicyclic) bond motifs is 1. The topological polar surface area (TPSA) is 92.9 Å². The molecule has 1 atom stereocenters. The van der Waals surface area contributed by atoms with Gasteiger partial charge in [-0.1, -0.05) is 25.1 Å². The molecule has 0 saturated heterocycles. The molecular weight excluding hydrogens is 330 g/mol. The van der Waals surface area contributed by atoms with Gasteiger partial charge in [0.05, 0.1) is 9.82 Å². The number of rotatable bonds is 3. The molecular formula is C16H15N3O4S. The first-order valence-electron chi connectivity index (χ1n) is 7.23. The summed E-state index contributed by atoms with van der Waals surface area (Å²) in [5, 5.41) is 10.7. The van der Waals surface area contributed by atoms with Crippen LogP contribution in [-0.2, 0) is 10.0 Å². The van der Waals surface area contributed by atoms with Crippen molar-refractivity contribution in [2.45, 2.75) is 17.7 Å². The van der Waals surface area contributed by atoms with E-state index >= 15 is 0 Å². The van der Waals surface area contributed by atoms with Crippen LogP contribution >= 0.6 is 0 Å². The molecule has 0 aromatic heterocycles. The van der Waals surface area contributed by atoms with E-state index < -0.39 is 14.9 Å². The SMILES string of the molecule is C[C@H]1/C(=N\S(=O)(=O)c2ccc([N+](=O)[O-])cc2)N(C)c2ccccc21. The van der Waals surface area contributed by atoms with Crippen LogP contribution in [0.25, 0.3) is 0 Å². The second-order valence-corrected chi connectivity index (χ2v) is 7.12. The second-order valence-electron chi connectivity index (χ2n) is 5.52. The summed E-state index contributed by atoms with van der Waals surface area (Å²) in [7, 11) is -2.18. The highest BCUT2D eigenvalue weighted by molar-refractivity contribution is 7.90. The van der Waals surface area contributed by atoms with Crippen LogP contribution in [-0.4, -0.2) is 26.2 Å². The number of nitrogens with zero attached hydrogens (tertiary/aromatic N) is 3. The molecule has 7 nitrogen and oxygen atoms in total. The molecule has 0 bridgehead atoms. The number of non-ortho nitro benzene ring substituents is 1. The first-order chi connectivity index (χ1) is 11.3. The fraction of sp³-hybridized carbons (Fsp3) is 0.188. The molecule has 3 rings (SSSR count). The lowest BCUT2D eigenvalue weighted by Gasteiger charge is -2.14. The van der Waals surface area contributed by atoms with Gasteiger partial charge in [0.25, 0.3) is 15.7 Å². The summed E-state index contributed by atoms with van der Waals surface area (Å²) in [6.45, 7) is 1.90. The number of benzene rings is 2. The lowest BCUT2D eigenvalue weighted by atomic mass is 10.0. The quantitative estimate of drug-likeness (QED) is 0.630. The zero-order chi connectivity index (χ0) is 17.5. The van der Waals surface area contributed by atoms with Crippen molar-refractivity contribution < 1.29 is 13.3 Å². The van der Waals surface area contributed by atoms with E-state index in [1.165, 1.54) is 12.1 Å². The van der Waals surface area contributed by atoms with Crippen LogP contribution in [0.1, 0.15) is 18.4 Å². The third-order valence-electron chi connectivity index (χ3n) is 4.05. The van der Waals surface area contributed by atoms with Crippen LogP contribution in [0.5, 0.6) is 0 Å². The van der Waals surface area contributed by atoms with Gasteiger partial charge in [0.15, 0.2) is 0 Å². The Balaban J connectivity index is 2.00. The predicted octanol–water partition coefficient (Wildman–Crippen LogP) is 2.94. The van der Waals surface area contributed by atoms with Gasteiger partial charge in [-0.3, -0.25) is 10.1 Å². The Morgan fingerprint density at radius 2 is 1.75 bits per heavy atom. The molecule has 2 aromatic rings. The molecule has 0 spiro atoms. The fourth-order valence-electron chi connectivity index (χ4n) is 2.77. The van der Waals surface area contributed by atoms with Crippen LogP contribution in [0.3, 0.4) is 0 Å². The molecule has 0 amide bonds. The van der Waals surface area contributed by atoms with Crippen molar-refractivity contribution in [3.63, 3.8) is 0 Å². The van der Waals surface area contributed by atoms with E-state index in [1.54, 1.807) is 11.9 Å². The van der Waals surface area contributed by atoms with Gasteiger partial charge < -0.3 is 4.90 Å². The van der Waals surface area contributed by atoms with E-state index in [2.05, 4.69) is 4.40 Å². The molecule has 0 saturated carbocycles. The standard InChI is InChI=1S/C16H15N3O4S/c1-11-14-5-3-4-6-15(14)18(2)16(11)17-24(22,23)13-9-7-12(8-10-13)19(20)21/h3-11H,1-2H3/b17-16+/t11-/m1/s1. The summed E-state index contributed by atoms with van der Waals surface area (Å²) in [5.41, 5.74) is 1.76. The van der Waals surface area contributed by atoms with Crippen molar-refractivity contribution in [2.75, 3.05) is 11.9 Å². The fourth-order valence-corrected chi connectivity index (χ4v) is 3.88. The summed E-state index contributed by atoms with van der Waals surface area (Å²) in [6.07, 6.45) is 0. The first kappa shape index (κ1) is 16.1. The van der Waals surface area contributed by atoms with Crippen LogP contribution in [0, 0.1) is 10.1 Å². The zero-order valence-corrected chi connectivity index (χ0v) is 13.9. The number of sulfonamides is 1. The molecule has 0 unspecified atom stereocenters. The molecule has 1 aliphatic rings. The van der Waals surface area contributed by atoms with E-state index in [1.807, 2.05) is 31.2 Å². The monoisotopic (exact) mass is 345 g/mol. The van der Waals surface area contributed by atoms with Gasteiger partial charge in [-0.15, -0.1) is 4.40 Å². The van der Waals surface area contributed by atoms with Gasteiger partial charge in [0, 0.05) is 30.8 Å². The van der Waals surface area contributed by atoms with E-state index in [0.717, 1.165) is 23.4 Å². The number of anilines is 1. The maximum absolute atomic E-state index is 12.5. The number of hydrogen-bond donors (Lipinski definition) is 0. The van der Waals surface area contributed by atoms with E-state index in [4.69, 9.17) is 0 Å². The third kappa shape index (κ3) is 2.65. The van der Waals surface area contributed by atoms with Gasteiger partial charge in [-0.05, 0) is 23.8 Å². The molecule has 0 aliphatic carbocycles. The Morgan fingerprint density at radius 1 is 1.12 bits per heavy atom. The summed E-state index contributed by atoms with van der Waals surface area (Å²) in [5.74, 6) is 0.272. The van der Waals surface area contributed by atoms with Crippen LogP contribution in [0.2, 0.25) is 0 Å². The Morgan fingerprint density at radius 3 is 2.33 bits per heavy atom. The molecule has 24 heavy (non-hydrogen) atoms. The average Bonchev–Trinajstić information content (AvgIpc) is 2.80. The molecule has 1 aliphatic heterocycles. The highest BCUT2D eigenvalue weighted by Gasteiger charge is 2.31. The minimum atomic E-state index is -3.95. The maximum atomic E-state index is 12.5. The molecule has 8 heteroatoms. The molecule has 124 valence electrons. The van der Waals surface area contributed by atoms with Crippen LogP contribution in [0.4, 0.5) is 11.4 Å². The number of likely N-dealkylation sites (N-methyl/N-ethyl adjacent to an activating group) is 1. The van der Waals surface area contributed by atoms with Gasteiger partial charge in [0.2, 0.25) is 0 Å². The Bertz CT molecular complexity index is 905. The van der Waals surface area contributed by atoms with Crippen LogP contribution in [0.15, 0.2) is 57.8 Å². The van der Waals surface area contributed by atoms with Gasteiger partial charge >= 0.3 is 0 Å². The highest BCUT2D eigenvalue weighted by atomic mass is 32.2. The summed E-state index contributed by atoms with van der Waals surface area (Å²) >= 11 is 0. The van der Waals surface area contributed by atoms with E-state index in [0.29, 0.717) is 5.84 Å². The second kappa shape index (κ2) is 5.72. The zero-order valence-electron chi connectivity index (χ0n) is 13.1. The van der Waals surface area contributed by atoms with Crippen molar-refractivity contribution in [2.24, 2.45) is 4.40 Å². The molecule has 0 radical (unpaired) electrons. The minimum Gasteiger partial charge on any atom is -0.331 e. The van der Waals surface area contributed by atoms with E-state index in [-0.39, 0.29) is 16.5 Å². The van der Waals surface area contributed by atoms with Crippen molar-refractivity contribution >= 4 is 27.2 Å². The molecule has 0 fully saturated rings. The minimum absolute atomic E-state index is 0.0721. The molecule has 2 aromatic carbocycles. The Labute approximate surface area is 139 Å². The number of nitro benzene ring substituents is 1. The maximum Gasteiger partial charge on any atom is 0.283 e. The van der Waals surface area contributed by atoms with Gasteiger partial charge in [-0.2, -0.15) is 8.42 Å². The smallest absolute Gasteiger partial charge is 0.283 e. The number of amidine groups is 1. The summed E-state index contributed by atoms with van der Waals surface area (Å²) < 4.78 is 29.0. The van der Waals surface area contributed by atoms with Crippen molar-refractivity contribution in [3.05, 3.63) is 64.2 Å². The van der Waals surface area contributed by atoms with Crippen molar-refractivity contribution in [3.8, 4) is 0 Å². The normalized spacial score (nSPS) is 18.7. The molecule has 1 heterocycles. The lowest BCUT2D eigenvalue weighted by molar-refractivity contribution is -0.384. The van der Waals surface area contributed by atoms with Crippen molar-refractivity contribution in [1.82, 2.24) is 0 Å². The highest BCUT2D eigenvalue weighted by Crippen LogP contribution is 2.37. The first-order valence-corrected chi connectivity index (χ1v) is 8.67. The Hall–Kier alpha value is -2.74. The van der Waals surface area contributed by atoms with Crippen molar-refractivity contribution in [1.29, 1.82) is 0 Å². The van der Waals surface area contributed by atoms with Gasteiger partial charge in [-0.25, -0.2) is 0 Å². The predicted molar refractivity (Wildman–Crippen MR) is 91.0 cm³/mol. The number of nitro groups is 1. The largest absolute Gasteiger partial charge is 0.331 e. The van der Waals surface area contributed by atoms with E-state index in [9.17, 15) is 18.5 Å². The number of para-hydroxylation sites is 1. The average molecular weight is 345 g/mol. The summed E-state index contributed by atoms with van der Waals surface area (Å²) in [6, 6.07) is 12.3. The summed E-state index contributed by atoms with van der Waals surface area (Å²) in [4.78, 5) is 11.8. The number of hydrogen-bond acceptors (Lipinski definition) is 4. The van der Waals surface area contributed by atoms with Gasteiger partial charge in [0.1, 0.15) is 5.84 Å². The third-order valence-corrected chi connectivity index (χ3v) is 5.35. The molecule has 0 N–H and O–H groups in total.